The molecule has 1 aromatic rings. The molecule has 2 rings (SSSR count). The third-order valence-electron chi connectivity index (χ3n) is 3.06. The van der Waals surface area contributed by atoms with Crippen molar-refractivity contribution >= 4 is 33.7 Å². The van der Waals surface area contributed by atoms with Crippen molar-refractivity contribution in [2.45, 2.75) is 36.2 Å². The molecular formula is C14H18BrNO2S. The molecule has 0 radical (unpaired) electrons. The van der Waals surface area contributed by atoms with Crippen LogP contribution in [0.25, 0.3) is 0 Å². The van der Waals surface area contributed by atoms with E-state index in [9.17, 15) is 4.79 Å². The predicted octanol–water partition coefficient (Wildman–Crippen LogP) is 3.22. The maximum atomic E-state index is 12.0. The fourth-order valence-corrected chi connectivity index (χ4v) is 3.44. The normalized spacial score (nSPS) is 17.8. The van der Waals surface area contributed by atoms with Crippen LogP contribution in [-0.4, -0.2) is 30.4 Å². The summed E-state index contributed by atoms with van der Waals surface area (Å²) in [5.74, 6) is 0.467. The summed E-state index contributed by atoms with van der Waals surface area (Å²) < 4.78 is 5.98. The van der Waals surface area contributed by atoms with Crippen LogP contribution in [0.5, 0.6) is 0 Å². The molecule has 0 amide bonds. The maximum absolute atomic E-state index is 12.0. The van der Waals surface area contributed by atoms with Gasteiger partial charge in [-0.2, -0.15) is 0 Å². The standard InChI is InChI=1S/C14H18BrNO2S/c1-14(13(17)18-2,16-11-6-7-11)9-19-12-5-3-4-10(15)8-12/h3-5,8,11,16H,6-7,9H2,1-2H3. The van der Waals surface area contributed by atoms with E-state index in [1.54, 1.807) is 11.8 Å². The molecule has 1 aromatic carbocycles. The minimum Gasteiger partial charge on any atom is -0.468 e. The molecule has 1 fully saturated rings. The highest BCUT2D eigenvalue weighted by Crippen LogP contribution is 2.29. The van der Waals surface area contributed by atoms with Crippen molar-refractivity contribution in [2.75, 3.05) is 12.9 Å². The van der Waals surface area contributed by atoms with Gasteiger partial charge in [0.1, 0.15) is 5.54 Å². The highest BCUT2D eigenvalue weighted by Gasteiger charge is 2.39. The second-order valence-corrected chi connectivity index (χ2v) is 6.95. The van der Waals surface area contributed by atoms with E-state index in [0.717, 1.165) is 22.2 Å². The first kappa shape index (κ1) is 14.9. The quantitative estimate of drug-likeness (QED) is 0.635. The number of nitrogens with one attached hydrogen (secondary N) is 1. The molecule has 1 saturated carbocycles. The molecule has 1 unspecified atom stereocenters. The van der Waals surface area contributed by atoms with Crippen LogP contribution in [0, 0.1) is 0 Å². The molecule has 1 atom stereocenters. The zero-order chi connectivity index (χ0) is 13.9. The number of rotatable bonds is 6. The lowest BCUT2D eigenvalue weighted by atomic mass is 10.1. The highest BCUT2D eigenvalue weighted by atomic mass is 79.9. The predicted molar refractivity (Wildman–Crippen MR) is 81.4 cm³/mol. The molecule has 1 aliphatic carbocycles. The molecule has 19 heavy (non-hydrogen) atoms. The third kappa shape index (κ3) is 4.23. The van der Waals surface area contributed by atoms with Crippen molar-refractivity contribution in [1.29, 1.82) is 0 Å². The molecule has 1 N–H and O–H groups in total. The van der Waals surface area contributed by atoms with Crippen molar-refractivity contribution in [3.05, 3.63) is 28.7 Å². The van der Waals surface area contributed by atoms with Gasteiger partial charge >= 0.3 is 5.97 Å². The van der Waals surface area contributed by atoms with Crippen molar-refractivity contribution in [3.8, 4) is 0 Å². The van der Waals surface area contributed by atoms with E-state index >= 15 is 0 Å². The summed E-state index contributed by atoms with van der Waals surface area (Å²) in [6, 6.07) is 8.55. The Balaban J connectivity index is 2.01. The monoisotopic (exact) mass is 343 g/mol. The summed E-state index contributed by atoms with van der Waals surface area (Å²) in [6.45, 7) is 1.92. The summed E-state index contributed by atoms with van der Waals surface area (Å²) >= 11 is 5.12. The lowest BCUT2D eigenvalue weighted by molar-refractivity contribution is -0.146. The van der Waals surface area contributed by atoms with E-state index in [1.165, 1.54) is 7.11 Å². The first-order valence-electron chi connectivity index (χ1n) is 6.28. The molecule has 0 saturated heterocycles. The average molecular weight is 344 g/mol. The molecule has 104 valence electrons. The van der Waals surface area contributed by atoms with Gasteiger partial charge in [0.2, 0.25) is 0 Å². The Morgan fingerprint density at radius 2 is 2.32 bits per heavy atom. The van der Waals surface area contributed by atoms with Crippen molar-refractivity contribution < 1.29 is 9.53 Å². The van der Waals surface area contributed by atoms with Crippen molar-refractivity contribution in [1.82, 2.24) is 5.32 Å². The van der Waals surface area contributed by atoms with Gasteiger partial charge in [-0.05, 0) is 38.0 Å². The number of hydrogen-bond acceptors (Lipinski definition) is 4. The molecule has 3 nitrogen and oxygen atoms in total. The number of benzene rings is 1. The smallest absolute Gasteiger partial charge is 0.326 e. The minimum absolute atomic E-state index is 0.193. The Morgan fingerprint density at radius 1 is 1.58 bits per heavy atom. The lowest BCUT2D eigenvalue weighted by Gasteiger charge is -2.27. The number of carbonyl (C=O) groups excluding carboxylic acids is 1. The van der Waals surface area contributed by atoms with E-state index in [4.69, 9.17) is 4.74 Å². The number of halogens is 1. The number of thioether (sulfide) groups is 1. The molecule has 0 spiro atoms. The Hall–Kier alpha value is -0.520. The maximum Gasteiger partial charge on any atom is 0.326 e. The molecule has 0 heterocycles. The van der Waals surface area contributed by atoms with Crippen molar-refractivity contribution in [2.24, 2.45) is 0 Å². The zero-order valence-corrected chi connectivity index (χ0v) is 13.5. The van der Waals surface area contributed by atoms with Crippen LogP contribution >= 0.6 is 27.7 Å². The summed E-state index contributed by atoms with van der Waals surface area (Å²) in [6.07, 6.45) is 2.29. The topological polar surface area (TPSA) is 38.3 Å². The van der Waals surface area contributed by atoms with Gasteiger partial charge in [0.05, 0.1) is 7.11 Å². The lowest BCUT2D eigenvalue weighted by Crippen LogP contribution is -2.53. The zero-order valence-electron chi connectivity index (χ0n) is 11.1. The highest BCUT2D eigenvalue weighted by molar-refractivity contribution is 9.10. The van der Waals surface area contributed by atoms with Gasteiger partial charge in [-0.25, -0.2) is 0 Å². The van der Waals surface area contributed by atoms with Gasteiger partial charge in [0.15, 0.2) is 0 Å². The van der Waals surface area contributed by atoms with Crippen LogP contribution in [-0.2, 0) is 9.53 Å². The first-order valence-corrected chi connectivity index (χ1v) is 8.06. The van der Waals surface area contributed by atoms with Gasteiger partial charge < -0.3 is 4.74 Å². The van der Waals surface area contributed by atoms with Gasteiger partial charge in [-0.15, -0.1) is 11.8 Å². The summed E-state index contributed by atoms with van der Waals surface area (Å²) in [7, 11) is 1.44. The van der Waals surface area contributed by atoms with E-state index in [-0.39, 0.29) is 5.97 Å². The van der Waals surface area contributed by atoms with Gasteiger partial charge in [-0.1, -0.05) is 22.0 Å². The van der Waals surface area contributed by atoms with Gasteiger partial charge in [0.25, 0.3) is 0 Å². The second kappa shape index (κ2) is 6.29. The van der Waals surface area contributed by atoms with Crippen LogP contribution in [0.4, 0.5) is 0 Å². The molecular weight excluding hydrogens is 326 g/mol. The molecule has 5 heteroatoms. The summed E-state index contributed by atoms with van der Waals surface area (Å²) in [5, 5.41) is 3.40. The van der Waals surface area contributed by atoms with Crippen LogP contribution < -0.4 is 5.32 Å². The van der Waals surface area contributed by atoms with Gasteiger partial charge in [-0.3, -0.25) is 10.1 Å². The fourth-order valence-electron chi connectivity index (χ4n) is 1.85. The summed E-state index contributed by atoms with van der Waals surface area (Å²) in [4.78, 5) is 13.1. The van der Waals surface area contributed by atoms with Crippen LogP contribution in [0.1, 0.15) is 19.8 Å². The van der Waals surface area contributed by atoms with Crippen molar-refractivity contribution in [3.63, 3.8) is 0 Å². The van der Waals surface area contributed by atoms with Gasteiger partial charge in [0, 0.05) is 21.2 Å². The molecule has 0 aromatic heterocycles. The van der Waals surface area contributed by atoms with E-state index in [0.29, 0.717) is 11.8 Å². The Morgan fingerprint density at radius 3 is 2.89 bits per heavy atom. The number of ether oxygens (including phenoxy) is 1. The number of carbonyl (C=O) groups is 1. The summed E-state index contributed by atoms with van der Waals surface area (Å²) in [5.41, 5.74) is -0.622. The minimum atomic E-state index is -0.622. The number of methoxy groups -OCH3 is 1. The van der Waals surface area contributed by atoms with E-state index < -0.39 is 5.54 Å². The largest absolute Gasteiger partial charge is 0.468 e. The fraction of sp³-hybridized carbons (Fsp3) is 0.500. The third-order valence-corrected chi connectivity index (χ3v) is 4.86. The number of hydrogen-bond donors (Lipinski definition) is 1. The molecule has 1 aliphatic rings. The van der Waals surface area contributed by atoms with Crippen LogP contribution in [0.15, 0.2) is 33.6 Å². The molecule has 0 aliphatic heterocycles. The van der Waals surface area contributed by atoms with Crippen LogP contribution in [0.2, 0.25) is 0 Å². The number of esters is 1. The Bertz CT molecular complexity index is 465. The Kier molecular flexibility index (Phi) is 4.92. The second-order valence-electron chi connectivity index (χ2n) is 4.99. The first-order chi connectivity index (χ1) is 9.03. The molecule has 0 bridgehead atoms. The Labute approximate surface area is 126 Å². The van der Waals surface area contributed by atoms with E-state index in [2.05, 4.69) is 27.3 Å². The average Bonchev–Trinajstić information content (AvgIpc) is 3.19. The van der Waals surface area contributed by atoms with E-state index in [1.807, 2.05) is 25.1 Å². The SMILES string of the molecule is COC(=O)C(C)(CSc1cccc(Br)c1)NC1CC1. The van der Waals surface area contributed by atoms with Crippen LogP contribution in [0.3, 0.4) is 0 Å².